The first-order valence-corrected chi connectivity index (χ1v) is 12.2. The zero-order valence-corrected chi connectivity index (χ0v) is 21.5. The molecular weight excluding hydrogens is 430 g/mol. The quantitative estimate of drug-likeness (QED) is 0.208. The van der Waals surface area contributed by atoms with E-state index in [1.165, 1.54) is 37.6 Å². The smallest absolute Gasteiger partial charge is 0.417 e. The highest BCUT2D eigenvalue weighted by Crippen LogP contribution is 2.16. The topological polar surface area (TPSA) is 76.1 Å². The third kappa shape index (κ3) is 15.4. The fourth-order valence-corrected chi connectivity index (χ4v) is 3.28. The first-order valence-electron chi connectivity index (χ1n) is 11.8. The van der Waals surface area contributed by atoms with Gasteiger partial charge in [-0.1, -0.05) is 62.8 Å². The van der Waals surface area contributed by atoms with E-state index in [-0.39, 0.29) is 38.0 Å². The minimum absolute atomic E-state index is 0.00526. The van der Waals surface area contributed by atoms with E-state index >= 15 is 0 Å². The molecule has 0 aliphatic rings. The van der Waals surface area contributed by atoms with Crippen molar-refractivity contribution in [3.05, 3.63) is 23.3 Å². The van der Waals surface area contributed by atoms with Crippen molar-refractivity contribution >= 4 is 23.6 Å². The van der Waals surface area contributed by atoms with Crippen LogP contribution in [0.4, 0.5) is 4.79 Å². The van der Waals surface area contributed by atoms with Crippen molar-refractivity contribution in [3.8, 4) is 0 Å². The average Bonchev–Trinajstić information content (AvgIpc) is 2.73. The van der Waals surface area contributed by atoms with Gasteiger partial charge in [0.1, 0.15) is 5.60 Å². The Labute approximate surface area is 200 Å². The van der Waals surface area contributed by atoms with Gasteiger partial charge in [0.15, 0.2) is 0 Å². The summed E-state index contributed by atoms with van der Waals surface area (Å²) in [6.07, 6.45) is 12.5. The Morgan fingerprint density at radius 3 is 2.34 bits per heavy atom. The maximum Gasteiger partial charge on any atom is 0.417 e. The highest BCUT2D eigenvalue weighted by molar-refractivity contribution is 6.25. The number of rotatable bonds is 16. The summed E-state index contributed by atoms with van der Waals surface area (Å²) in [6.45, 7) is 7.35. The Hall–Kier alpha value is -1.37. The number of halogens is 1. The molecule has 0 saturated heterocycles. The van der Waals surface area contributed by atoms with E-state index in [4.69, 9.17) is 26.2 Å². The van der Waals surface area contributed by atoms with Gasteiger partial charge in [-0.05, 0) is 52.0 Å². The number of unbranched alkanes of at least 4 members (excludes halogenated alkanes) is 4. The fraction of sp³-hybridized carbons (Fsp3) is 0.760. The molecule has 0 aromatic rings. The van der Waals surface area contributed by atoms with Crippen LogP contribution in [0.2, 0.25) is 0 Å². The van der Waals surface area contributed by atoms with E-state index in [1.54, 1.807) is 27.9 Å². The van der Waals surface area contributed by atoms with Gasteiger partial charge in [-0.25, -0.2) is 9.69 Å². The minimum Gasteiger partial charge on any atom is -0.443 e. The molecule has 1 N–H and O–H groups in total. The van der Waals surface area contributed by atoms with Crippen LogP contribution in [0.3, 0.4) is 0 Å². The summed E-state index contributed by atoms with van der Waals surface area (Å²) < 4.78 is 10.9. The molecule has 0 aromatic heterocycles. The second kappa shape index (κ2) is 18.1. The van der Waals surface area contributed by atoms with Crippen LogP contribution in [0.1, 0.15) is 91.9 Å². The molecule has 186 valence electrons. The predicted molar refractivity (Wildman–Crippen MR) is 131 cm³/mol. The van der Waals surface area contributed by atoms with Gasteiger partial charge in [0, 0.05) is 25.7 Å². The van der Waals surface area contributed by atoms with Gasteiger partial charge in [0.2, 0.25) is 5.91 Å². The molecule has 7 heteroatoms. The number of carbonyl (C=O) groups excluding carboxylic acids is 2. The first kappa shape index (κ1) is 30.6. The molecule has 0 aliphatic carbocycles. The maximum atomic E-state index is 12.7. The summed E-state index contributed by atoms with van der Waals surface area (Å²) >= 11 is 5.80. The van der Waals surface area contributed by atoms with Crippen LogP contribution >= 0.6 is 11.6 Å². The normalized spacial score (nSPS) is 13.4. The molecule has 2 amide bonds. The summed E-state index contributed by atoms with van der Waals surface area (Å²) in [5.74, 6) is -0.336. The van der Waals surface area contributed by atoms with Crippen LogP contribution in [0.25, 0.3) is 0 Å². The summed E-state index contributed by atoms with van der Waals surface area (Å²) in [5.41, 5.74) is 1.17. The lowest BCUT2D eigenvalue weighted by Crippen LogP contribution is -2.41. The standard InChI is InChI=1S/C25H44ClNO5/c1-6-7-8-9-11-14-22(31-5)15-12-10-13-16-23(29)27(20-21(19-26)17-18-28)24(30)32-25(2,3)4/h10,12,19,22,28H,6-9,11,13-18,20H2,1-5H3/b12-10+,21-19-/t22-/m0/s1. The van der Waals surface area contributed by atoms with Crippen LogP contribution < -0.4 is 0 Å². The number of ether oxygens (including phenoxy) is 2. The van der Waals surface area contributed by atoms with Crippen molar-refractivity contribution in [1.82, 2.24) is 4.90 Å². The molecule has 0 heterocycles. The summed E-state index contributed by atoms with van der Waals surface area (Å²) in [6, 6.07) is 0. The molecular formula is C25H44ClNO5. The molecule has 0 spiro atoms. The SMILES string of the molecule is CCCCCCC[C@@H](C/C=C/CCC(=O)N(C/C(=C\Cl)CCO)C(=O)OC(C)(C)C)OC. The van der Waals surface area contributed by atoms with E-state index in [1.807, 2.05) is 12.2 Å². The summed E-state index contributed by atoms with van der Waals surface area (Å²) in [5, 5.41) is 9.16. The summed E-state index contributed by atoms with van der Waals surface area (Å²) in [4.78, 5) is 26.4. The van der Waals surface area contributed by atoms with E-state index in [2.05, 4.69) is 6.92 Å². The largest absolute Gasteiger partial charge is 0.443 e. The number of carbonyl (C=O) groups is 2. The monoisotopic (exact) mass is 473 g/mol. The van der Waals surface area contributed by atoms with E-state index < -0.39 is 11.7 Å². The minimum atomic E-state index is -0.719. The van der Waals surface area contributed by atoms with Crippen LogP contribution in [-0.2, 0) is 14.3 Å². The molecule has 0 aliphatic heterocycles. The molecule has 0 unspecified atom stereocenters. The first-order chi connectivity index (χ1) is 15.2. The average molecular weight is 474 g/mol. The van der Waals surface area contributed by atoms with Gasteiger partial charge in [-0.2, -0.15) is 0 Å². The number of methoxy groups -OCH3 is 1. The zero-order valence-electron chi connectivity index (χ0n) is 20.7. The van der Waals surface area contributed by atoms with Gasteiger partial charge in [0.05, 0.1) is 12.6 Å². The van der Waals surface area contributed by atoms with E-state index in [0.717, 1.165) is 17.7 Å². The third-order valence-electron chi connectivity index (χ3n) is 4.92. The van der Waals surface area contributed by atoms with Gasteiger partial charge in [-0.3, -0.25) is 4.79 Å². The maximum absolute atomic E-state index is 12.7. The molecule has 0 aromatic carbocycles. The highest BCUT2D eigenvalue weighted by Gasteiger charge is 2.27. The second-order valence-corrected chi connectivity index (χ2v) is 9.23. The number of aliphatic hydroxyl groups is 1. The third-order valence-corrected chi connectivity index (χ3v) is 5.23. The molecule has 0 bridgehead atoms. The van der Waals surface area contributed by atoms with Crippen LogP contribution in [0, 0.1) is 0 Å². The van der Waals surface area contributed by atoms with Gasteiger partial charge in [-0.15, -0.1) is 0 Å². The molecule has 6 nitrogen and oxygen atoms in total. The zero-order chi connectivity index (χ0) is 24.4. The number of aliphatic hydroxyl groups excluding tert-OH is 1. The van der Waals surface area contributed by atoms with Gasteiger partial charge < -0.3 is 14.6 Å². The van der Waals surface area contributed by atoms with Crippen molar-refractivity contribution in [1.29, 1.82) is 0 Å². The number of hydrogen-bond donors (Lipinski definition) is 1. The van der Waals surface area contributed by atoms with Crippen molar-refractivity contribution in [2.75, 3.05) is 20.3 Å². The fourth-order valence-electron chi connectivity index (χ4n) is 3.10. The van der Waals surface area contributed by atoms with E-state index in [9.17, 15) is 9.59 Å². The van der Waals surface area contributed by atoms with Crippen LogP contribution in [0.15, 0.2) is 23.3 Å². The lowest BCUT2D eigenvalue weighted by Gasteiger charge is -2.26. The Morgan fingerprint density at radius 1 is 1.09 bits per heavy atom. The van der Waals surface area contributed by atoms with Crippen molar-refractivity contribution in [2.45, 2.75) is 104 Å². The van der Waals surface area contributed by atoms with E-state index in [0.29, 0.717) is 12.0 Å². The Morgan fingerprint density at radius 2 is 1.78 bits per heavy atom. The molecule has 0 saturated carbocycles. The molecule has 1 atom stereocenters. The summed E-state index contributed by atoms with van der Waals surface area (Å²) in [7, 11) is 1.74. The second-order valence-electron chi connectivity index (χ2n) is 9.01. The van der Waals surface area contributed by atoms with Crippen molar-refractivity contribution < 1.29 is 24.2 Å². The molecule has 0 rings (SSSR count). The number of hydrogen-bond acceptors (Lipinski definition) is 5. The highest BCUT2D eigenvalue weighted by atomic mass is 35.5. The Kier molecular flexibility index (Phi) is 17.3. The van der Waals surface area contributed by atoms with Gasteiger partial charge >= 0.3 is 6.09 Å². The molecule has 0 radical (unpaired) electrons. The number of amides is 2. The number of imide groups is 1. The molecule has 32 heavy (non-hydrogen) atoms. The predicted octanol–water partition coefficient (Wildman–Crippen LogP) is 6.36. The van der Waals surface area contributed by atoms with Crippen molar-refractivity contribution in [2.24, 2.45) is 0 Å². The number of allylic oxidation sites excluding steroid dienone is 1. The van der Waals surface area contributed by atoms with Gasteiger partial charge in [0.25, 0.3) is 0 Å². The van der Waals surface area contributed by atoms with Crippen LogP contribution in [-0.4, -0.2) is 54.0 Å². The Balaban J connectivity index is 4.70. The number of nitrogens with zero attached hydrogens (tertiary/aromatic N) is 1. The molecule has 0 fully saturated rings. The van der Waals surface area contributed by atoms with Crippen LogP contribution in [0.5, 0.6) is 0 Å². The lowest BCUT2D eigenvalue weighted by molar-refractivity contribution is -0.129. The Bertz CT molecular complexity index is 583. The lowest BCUT2D eigenvalue weighted by atomic mass is 10.1. The van der Waals surface area contributed by atoms with Crippen molar-refractivity contribution in [3.63, 3.8) is 0 Å².